The summed E-state index contributed by atoms with van der Waals surface area (Å²) in [5.41, 5.74) is 3.36. The fourth-order valence-corrected chi connectivity index (χ4v) is 2.43. The van der Waals surface area contributed by atoms with Crippen molar-refractivity contribution >= 4 is 23.2 Å². The highest BCUT2D eigenvalue weighted by Crippen LogP contribution is 2.30. The highest BCUT2D eigenvalue weighted by molar-refractivity contribution is 6.32. The second-order valence-electron chi connectivity index (χ2n) is 5.05. The smallest absolute Gasteiger partial charge is 0.142 e. The Bertz CT molecular complexity index is 562. The van der Waals surface area contributed by atoms with Gasteiger partial charge < -0.3 is 4.74 Å². The molecule has 3 heteroatoms. The number of hydrogen-bond donors (Lipinski definition) is 0. The summed E-state index contributed by atoms with van der Waals surface area (Å²) in [6.45, 7) is 4.86. The van der Waals surface area contributed by atoms with E-state index in [9.17, 15) is 0 Å². The summed E-state index contributed by atoms with van der Waals surface area (Å²) in [6, 6.07) is 14.1. The Morgan fingerprint density at radius 2 is 1.75 bits per heavy atom. The molecule has 0 spiro atoms. The molecule has 0 bridgehead atoms. The van der Waals surface area contributed by atoms with Crippen molar-refractivity contribution in [2.24, 2.45) is 0 Å². The lowest BCUT2D eigenvalue weighted by molar-refractivity contribution is 0.304. The molecule has 1 nitrogen and oxygen atoms in total. The number of hydrogen-bond acceptors (Lipinski definition) is 1. The van der Waals surface area contributed by atoms with Gasteiger partial charge in [-0.3, -0.25) is 0 Å². The second-order valence-corrected chi connectivity index (χ2v) is 5.72. The van der Waals surface area contributed by atoms with Crippen LogP contribution >= 0.6 is 23.2 Å². The van der Waals surface area contributed by atoms with Gasteiger partial charge in [-0.25, -0.2) is 0 Å². The third-order valence-electron chi connectivity index (χ3n) is 3.22. The number of ether oxygens (including phenoxy) is 1. The first-order valence-electron chi connectivity index (χ1n) is 6.66. The van der Waals surface area contributed by atoms with Crippen LogP contribution in [0, 0.1) is 0 Å². The van der Waals surface area contributed by atoms with Crippen LogP contribution in [0.3, 0.4) is 0 Å². The van der Waals surface area contributed by atoms with Crippen molar-refractivity contribution in [2.45, 2.75) is 32.3 Å². The maximum atomic E-state index is 6.16. The molecule has 106 valence electrons. The van der Waals surface area contributed by atoms with Crippen molar-refractivity contribution in [3.8, 4) is 5.75 Å². The molecule has 0 unspecified atom stereocenters. The molecule has 0 saturated carbocycles. The molecule has 0 aliphatic heterocycles. The summed E-state index contributed by atoms with van der Waals surface area (Å²) in [6.07, 6.45) is 0. The lowest BCUT2D eigenvalue weighted by atomic mass is 10.0. The predicted octanol–water partition coefficient (Wildman–Crippen LogP) is 5.78. The minimum Gasteiger partial charge on any atom is -0.487 e. The van der Waals surface area contributed by atoms with Gasteiger partial charge in [-0.15, -0.1) is 11.6 Å². The summed E-state index contributed by atoms with van der Waals surface area (Å²) in [4.78, 5) is 0. The zero-order valence-electron chi connectivity index (χ0n) is 11.7. The van der Waals surface area contributed by atoms with Crippen molar-refractivity contribution in [1.82, 2.24) is 0 Å². The normalized spacial score (nSPS) is 10.8. The molecule has 0 radical (unpaired) electrons. The molecule has 0 N–H and O–H groups in total. The molecule has 0 aliphatic carbocycles. The monoisotopic (exact) mass is 308 g/mol. The van der Waals surface area contributed by atoms with Crippen LogP contribution in [-0.2, 0) is 12.5 Å². The molecule has 0 aliphatic rings. The average Bonchev–Trinajstić information content (AvgIpc) is 2.46. The summed E-state index contributed by atoms with van der Waals surface area (Å²) < 4.78 is 5.83. The van der Waals surface area contributed by atoms with Crippen LogP contribution in [0.4, 0.5) is 0 Å². The Labute approximate surface area is 130 Å². The van der Waals surface area contributed by atoms with E-state index in [1.165, 1.54) is 5.56 Å². The first kappa shape index (κ1) is 15.2. The van der Waals surface area contributed by atoms with Gasteiger partial charge in [-0.2, -0.15) is 0 Å². The van der Waals surface area contributed by atoms with Crippen LogP contribution in [0.5, 0.6) is 5.75 Å². The molecule has 2 rings (SSSR count). The average molecular weight is 309 g/mol. The van der Waals surface area contributed by atoms with Crippen LogP contribution in [-0.4, -0.2) is 0 Å². The maximum absolute atomic E-state index is 6.16. The Morgan fingerprint density at radius 3 is 2.35 bits per heavy atom. The molecular formula is C17H18Cl2O. The first-order valence-corrected chi connectivity index (χ1v) is 7.58. The van der Waals surface area contributed by atoms with E-state index >= 15 is 0 Å². The van der Waals surface area contributed by atoms with E-state index in [1.807, 2.05) is 18.2 Å². The number of para-hydroxylation sites is 1. The summed E-state index contributed by atoms with van der Waals surface area (Å²) in [5, 5.41) is 0.599. The quantitative estimate of drug-likeness (QED) is 0.636. The van der Waals surface area contributed by atoms with E-state index in [0.717, 1.165) is 11.1 Å². The summed E-state index contributed by atoms with van der Waals surface area (Å²) in [7, 11) is 0. The Balaban J connectivity index is 2.09. The molecule has 0 fully saturated rings. The van der Waals surface area contributed by atoms with Crippen molar-refractivity contribution < 1.29 is 4.74 Å². The molecule has 0 heterocycles. The van der Waals surface area contributed by atoms with Gasteiger partial charge in [0, 0.05) is 5.56 Å². The zero-order valence-corrected chi connectivity index (χ0v) is 13.2. The van der Waals surface area contributed by atoms with Gasteiger partial charge in [0.25, 0.3) is 0 Å². The highest BCUT2D eigenvalue weighted by atomic mass is 35.5. The van der Waals surface area contributed by atoms with Gasteiger partial charge >= 0.3 is 0 Å². The lowest BCUT2D eigenvalue weighted by Crippen LogP contribution is -1.99. The van der Waals surface area contributed by atoms with E-state index in [1.54, 1.807) is 0 Å². The van der Waals surface area contributed by atoms with E-state index < -0.39 is 0 Å². The van der Waals surface area contributed by atoms with Gasteiger partial charge in [0.2, 0.25) is 0 Å². The third-order valence-corrected chi connectivity index (χ3v) is 3.81. The van der Waals surface area contributed by atoms with Crippen molar-refractivity contribution in [3.63, 3.8) is 0 Å². The largest absolute Gasteiger partial charge is 0.487 e. The minimum absolute atomic E-state index is 0.391. The van der Waals surface area contributed by atoms with Gasteiger partial charge in [0.05, 0.1) is 10.9 Å². The van der Waals surface area contributed by atoms with Gasteiger partial charge in [-0.05, 0) is 23.1 Å². The topological polar surface area (TPSA) is 9.23 Å². The maximum Gasteiger partial charge on any atom is 0.142 e. The predicted molar refractivity (Wildman–Crippen MR) is 85.9 cm³/mol. The fourth-order valence-electron chi connectivity index (χ4n) is 1.97. The number of benzene rings is 2. The summed E-state index contributed by atoms with van der Waals surface area (Å²) >= 11 is 12.1. The van der Waals surface area contributed by atoms with Gasteiger partial charge in [-0.1, -0.05) is 61.8 Å². The fraction of sp³-hybridized carbons (Fsp3) is 0.294. The highest BCUT2D eigenvalue weighted by Gasteiger charge is 2.08. The first-order chi connectivity index (χ1) is 9.61. The van der Waals surface area contributed by atoms with E-state index in [0.29, 0.717) is 29.2 Å². The second kappa shape index (κ2) is 7.01. The van der Waals surface area contributed by atoms with Gasteiger partial charge in [0.1, 0.15) is 12.4 Å². The molecule has 0 amide bonds. The number of alkyl halides is 1. The Morgan fingerprint density at radius 1 is 1.05 bits per heavy atom. The van der Waals surface area contributed by atoms with Gasteiger partial charge in [0.15, 0.2) is 0 Å². The van der Waals surface area contributed by atoms with Crippen LogP contribution in [0.15, 0.2) is 42.5 Å². The lowest BCUT2D eigenvalue weighted by Gasteiger charge is -2.12. The molecule has 20 heavy (non-hydrogen) atoms. The zero-order chi connectivity index (χ0) is 14.5. The van der Waals surface area contributed by atoms with E-state index in [2.05, 4.69) is 38.1 Å². The summed E-state index contributed by atoms with van der Waals surface area (Å²) in [5.74, 6) is 1.61. The molecular weight excluding hydrogens is 291 g/mol. The van der Waals surface area contributed by atoms with E-state index in [4.69, 9.17) is 27.9 Å². The van der Waals surface area contributed by atoms with Crippen LogP contribution < -0.4 is 4.74 Å². The SMILES string of the molecule is CC(C)c1ccc(COc2c(Cl)cccc2CCl)cc1. The third kappa shape index (κ3) is 3.68. The van der Waals surface area contributed by atoms with Crippen LogP contribution in [0.1, 0.15) is 36.5 Å². The molecule has 2 aromatic carbocycles. The van der Waals surface area contributed by atoms with Crippen molar-refractivity contribution in [3.05, 3.63) is 64.2 Å². The van der Waals surface area contributed by atoms with Crippen LogP contribution in [0.25, 0.3) is 0 Å². The number of rotatable bonds is 5. The Hall–Kier alpha value is -1.18. The molecule has 2 aromatic rings. The van der Waals surface area contributed by atoms with Crippen molar-refractivity contribution in [2.75, 3.05) is 0 Å². The van der Waals surface area contributed by atoms with Crippen molar-refractivity contribution in [1.29, 1.82) is 0 Å². The Kier molecular flexibility index (Phi) is 5.33. The standard InChI is InChI=1S/C17H18Cl2O/c1-12(2)14-8-6-13(7-9-14)11-20-17-15(10-18)4-3-5-16(17)19/h3-9,12H,10-11H2,1-2H3. The minimum atomic E-state index is 0.391. The van der Waals surface area contributed by atoms with E-state index in [-0.39, 0.29) is 0 Å². The molecule has 0 saturated heterocycles. The van der Waals surface area contributed by atoms with Crippen LogP contribution in [0.2, 0.25) is 5.02 Å². The number of halogens is 2. The molecule has 0 aromatic heterocycles. The molecule has 0 atom stereocenters.